The van der Waals surface area contributed by atoms with Crippen LogP contribution in [0, 0.1) is 16.7 Å². The summed E-state index contributed by atoms with van der Waals surface area (Å²) in [7, 11) is 0. The number of nitrogens with one attached hydrogen (secondary N) is 1. The Morgan fingerprint density at radius 1 is 1.44 bits per heavy atom. The number of hydrogen-bond acceptors (Lipinski definition) is 3. The maximum absolute atomic E-state index is 9.07. The molecule has 0 aliphatic carbocycles. The van der Waals surface area contributed by atoms with Crippen LogP contribution in [0.5, 0.6) is 0 Å². The lowest BCUT2D eigenvalue weighted by molar-refractivity contribution is 0.347. The Balaban J connectivity index is 2.42. The summed E-state index contributed by atoms with van der Waals surface area (Å²) in [6.45, 7) is 6.60. The van der Waals surface area contributed by atoms with E-state index in [2.05, 4.69) is 32.2 Å². The second-order valence-electron chi connectivity index (χ2n) is 5.48. The average Bonchev–Trinajstić information content (AvgIpc) is 2.59. The highest BCUT2D eigenvalue weighted by Crippen LogP contribution is 2.37. The maximum atomic E-state index is 9.07. The van der Waals surface area contributed by atoms with Crippen LogP contribution in [0.3, 0.4) is 0 Å². The van der Waals surface area contributed by atoms with Crippen LogP contribution >= 0.6 is 0 Å². The molecule has 16 heavy (non-hydrogen) atoms. The molecule has 1 aromatic carbocycles. The quantitative estimate of drug-likeness (QED) is 0.654. The monoisotopic (exact) mass is 215 g/mol. The van der Waals surface area contributed by atoms with Crippen molar-refractivity contribution in [2.24, 2.45) is 5.41 Å². The molecular weight excluding hydrogens is 198 g/mol. The minimum Gasteiger partial charge on any atom is -0.399 e. The molecule has 0 fully saturated rings. The Hall–Kier alpha value is -1.69. The van der Waals surface area contributed by atoms with Crippen molar-refractivity contribution in [3.8, 4) is 6.07 Å². The topological polar surface area (TPSA) is 61.8 Å². The van der Waals surface area contributed by atoms with E-state index in [1.165, 1.54) is 0 Å². The zero-order valence-electron chi connectivity index (χ0n) is 9.96. The van der Waals surface area contributed by atoms with Crippen LogP contribution in [0.25, 0.3) is 0 Å². The van der Waals surface area contributed by atoms with E-state index in [1.54, 1.807) is 6.07 Å². The molecule has 0 aromatic heterocycles. The van der Waals surface area contributed by atoms with E-state index in [9.17, 15) is 0 Å². The third-order valence-corrected chi connectivity index (χ3v) is 3.15. The zero-order chi connectivity index (χ0) is 11.9. The summed E-state index contributed by atoms with van der Waals surface area (Å²) in [6, 6.07) is 6.27. The molecule has 1 unspecified atom stereocenters. The zero-order valence-corrected chi connectivity index (χ0v) is 9.96. The first kappa shape index (κ1) is 10.8. The smallest absolute Gasteiger partial charge is 0.101 e. The first-order valence-electron chi connectivity index (χ1n) is 5.51. The molecule has 0 saturated carbocycles. The van der Waals surface area contributed by atoms with Crippen molar-refractivity contribution in [1.82, 2.24) is 0 Å². The number of fused-ring (bicyclic) bond motifs is 1. The second kappa shape index (κ2) is 3.41. The average molecular weight is 215 g/mol. The van der Waals surface area contributed by atoms with Gasteiger partial charge in [0, 0.05) is 11.7 Å². The van der Waals surface area contributed by atoms with E-state index in [1.807, 2.05) is 6.07 Å². The van der Waals surface area contributed by atoms with Gasteiger partial charge in [-0.3, -0.25) is 0 Å². The van der Waals surface area contributed by atoms with Crippen LogP contribution in [0.2, 0.25) is 0 Å². The van der Waals surface area contributed by atoms with E-state index in [0.29, 0.717) is 17.3 Å². The number of nitrogen functional groups attached to an aromatic ring is 1. The minimum atomic E-state index is 0.181. The number of nitrogens with two attached hydrogens (primary N) is 1. The predicted octanol–water partition coefficient (Wildman–Crippen LogP) is 2.52. The highest BCUT2D eigenvalue weighted by atomic mass is 15.0. The molecule has 0 radical (unpaired) electrons. The Morgan fingerprint density at radius 2 is 2.12 bits per heavy atom. The van der Waals surface area contributed by atoms with Gasteiger partial charge in [-0.25, -0.2) is 0 Å². The van der Waals surface area contributed by atoms with Crippen LogP contribution in [0.4, 0.5) is 11.4 Å². The molecule has 1 atom stereocenters. The molecule has 0 saturated heterocycles. The van der Waals surface area contributed by atoms with E-state index >= 15 is 0 Å². The molecule has 1 aliphatic rings. The van der Waals surface area contributed by atoms with Gasteiger partial charge in [-0.2, -0.15) is 5.26 Å². The summed E-state index contributed by atoms with van der Waals surface area (Å²) in [4.78, 5) is 0. The second-order valence-corrected chi connectivity index (χ2v) is 5.48. The van der Waals surface area contributed by atoms with Gasteiger partial charge in [0.15, 0.2) is 0 Å². The molecule has 3 nitrogen and oxygen atoms in total. The van der Waals surface area contributed by atoms with Crippen LogP contribution in [-0.4, -0.2) is 6.04 Å². The van der Waals surface area contributed by atoms with Gasteiger partial charge in [0.05, 0.1) is 11.3 Å². The van der Waals surface area contributed by atoms with Gasteiger partial charge >= 0.3 is 0 Å². The summed E-state index contributed by atoms with van der Waals surface area (Å²) < 4.78 is 0. The van der Waals surface area contributed by atoms with Crippen LogP contribution in [0.15, 0.2) is 12.1 Å². The number of nitriles is 1. The van der Waals surface area contributed by atoms with Crippen molar-refractivity contribution in [3.05, 3.63) is 23.3 Å². The lowest BCUT2D eigenvalue weighted by Crippen LogP contribution is -2.31. The number of nitrogens with zero attached hydrogens (tertiary/aromatic N) is 1. The molecule has 1 aliphatic heterocycles. The number of rotatable bonds is 0. The lowest BCUT2D eigenvalue weighted by Gasteiger charge is -2.27. The van der Waals surface area contributed by atoms with Crippen molar-refractivity contribution in [2.45, 2.75) is 33.2 Å². The van der Waals surface area contributed by atoms with Crippen LogP contribution in [-0.2, 0) is 6.42 Å². The van der Waals surface area contributed by atoms with Crippen LogP contribution < -0.4 is 11.1 Å². The van der Waals surface area contributed by atoms with Crippen molar-refractivity contribution in [2.75, 3.05) is 11.1 Å². The Kier molecular flexibility index (Phi) is 2.31. The standard InChI is InChI=1S/C13H17N3/c1-13(2,3)11-6-8-4-10(15)5-9(7-14)12(8)16-11/h4-5,11,16H,6,15H2,1-3H3. The minimum absolute atomic E-state index is 0.181. The molecule has 3 N–H and O–H groups in total. The normalized spacial score (nSPS) is 18.8. The van der Waals surface area contributed by atoms with Gasteiger partial charge in [0.1, 0.15) is 6.07 Å². The van der Waals surface area contributed by atoms with Gasteiger partial charge in [0.25, 0.3) is 0 Å². The fourth-order valence-corrected chi connectivity index (χ4v) is 2.11. The molecule has 0 bridgehead atoms. The van der Waals surface area contributed by atoms with Crippen molar-refractivity contribution >= 4 is 11.4 Å². The van der Waals surface area contributed by atoms with Crippen molar-refractivity contribution < 1.29 is 0 Å². The number of benzene rings is 1. The van der Waals surface area contributed by atoms with Gasteiger partial charge in [-0.05, 0) is 29.5 Å². The van der Waals surface area contributed by atoms with Gasteiger partial charge in [-0.1, -0.05) is 20.8 Å². The highest BCUT2D eigenvalue weighted by Gasteiger charge is 2.32. The molecule has 1 heterocycles. The molecule has 3 heteroatoms. The fraction of sp³-hybridized carbons (Fsp3) is 0.462. The van der Waals surface area contributed by atoms with E-state index in [4.69, 9.17) is 11.0 Å². The Bertz CT molecular complexity index is 463. The first-order chi connectivity index (χ1) is 7.41. The van der Waals surface area contributed by atoms with E-state index in [-0.39, 0.29) is 5.41 Å². The molecule has 84 valence electrons. The lowest BCUT2D eigenvalue weighted by atomic mass is 9.85. The molecule has 1 aromatic rings. The van der Waals surface area contributed by atoms with Crippen LogP contribution in [0.1, 0.15) is 31.9 Å². The van der Waals surface area contributed by atoms with Gasteiger partial charge in [0.2, 0.25) is 0 Å². The predicted molar refractivity (Wildman–Crippen MR) is 66.1 cm³/mol. The SMILES string of the molecule is CC(C)(C)C1Cc2cc(N)cc(C#N)c2N1. The summed E-state index contributed by atoms with van der Waals surface area (Å²) in [5.41, 5.74) is 9.42. The van der Waals surface area contributed by atoms with Crippen molar-refractivity contribution in [3.63, 3.8) is 0 Å². The number of hydrogen-bond donors (Lipinski definition) is 2. The molecular formula is C13H17N3. The van der Waals surface area contributed by atoms with Crippen molar-refractivity contribution in [1.29, 1.82) is 5.26 Å². The summed E-state index contributed by atoms with van der Waals surface area (Å²) in [5.74, 6) is 0. The summed E-state index contributed by atoms with van der Waals surface area (Å²) in [6.07, 6.45) is 0.943. The summed E-state index contributed by atoms with van der Waals surface area (Å²) in [5, 5.41) is 12.5. The van der Waals surface area contributed by atoms with Gasteiger partial charge in [-0.15, -0.1) is 0 Å². The van der Waals surface area contributed by atoms with Gasteiger partial charge < -0.3 is 11.1 Å². The Labute approximate surface area is 96.3 Å². The van der Waals surface area contributed by atoms with E-state index < -0.39 is 0 Å². The molecule has 0 spiro atoms. The fourth-order valence-electron chi connectivity index (χ4n) is 2.11. The Morgan fingerprint density at radius 3 is 2.69 bits per heavy atom. The third-order valence-electron chi connectivity index (χ3n) is 3.15. The highest BCUT2D eigenvalue weighted by molar-refractivity contribution is 5.71. The summed E-state index contributed by atoms with van der Waals surface area (Å²) >= 11 is 0. The maximum Gasteiger partial charge on any atom is 0.101 e. The third kappa shape index (κ3) is 1.71. The number of anilines is 2. The van der Waals surface area contributed by atoms with E-state index in [0.717, 1.165) is 17.7 Å². The molecule has 0 amide bonds. The largest absolute Gasteiger partial charge is 0.399 e. The first-order valence-corrected chi connectivity index (χ1v) is 5.51. The molecule has 2 rings (SSSR count).